The zero-order valence-electron chi connectivity index (χ0n) is 14.7. The van der Waals surface area contributed by atoms with Gasteiger partial charge >= 0.3 is 0 Å². The molecule has 0 aliphatic heterocycles. The minimum Gasteiger partial charge on any atom is -0.325 e. The van der Waals surface area contributed by atoms with E-state index >= 15 is 0 Å². The highest BCUT2D eigenvalue weighted by Crippen LogP contribution is 2.31. The van der Waals surface area contributed by atoms with Crippen molar-refractivity contribution in [1.82, 2.24) is 14.8 Å². The second kappa shape index (κ2) is 8.01. The fraction of sp³-hybridized carbons (Fsp3) is 0.278. The summed E-state index contributed by atoms with van der Waals surface area (Å²) in [5.41, 5.74) is 2.87. The van der Waals surface area contributed by atoms with Gasteiger partial charge in [-0.05, 0) is 50.6 Å². The van der Waals surface area contributed by atoms with Gasteiger partial charge in [0.05, 0.1) is 5.75 Å². The van der Waals surface area contributed by atoms with E-state index in [1.54, 1.807) is 11.3 Å². The zero-order chi connectivity index (χ0) is 18.7. The average Bonchev–Trinajstić information content (AvgIpc) is 3.18. The van der Waals surface area contributed by atoms with E-state index in [0.29, 0.717) is 10.8 Å². The fourth-order valence-corrected chi connectivity index (χ4v) is 4.14. The van der Waals surface area contributed by atoms with Gasteiger partial charge in [0.2, 0.25) is 5.91 Å². The third-order valence-electron chi connectivity index (χ3n) is 4.02. The van der Waals surface area contributed by atoms with Crippen LogP contribution in [0, 0.1) is 19.7 Å². The number of anilines is 1. The van der Waals surface area contributed by atoms with E-state index in [9.17, 15) is 9.18 Å². The van der Waals surface area contributed by atoms with E-state index in [1.165, 1.54) is 46.5 Å². The number of rotatable bonds is 6. The number of carbonyl (C=O) groups is 1. The van der Waals surface area contributed by atoms with Gasteiger partial charge < -0.3 is 9.88 Å². The molecule has 1 aromatic carbocycles. The first kappa shape index (κ1) is 18.6. The normalized spacial score (nSPS) is 10.9. The molecule has 0 aliphatic rings. The van der Waals surface area contributed by atoms with Gasteiger partial charge in [-0.25, -0.2) is 4.39 Å². The molecule has 0 saturated heterocycles. The van der Waals surface area contributed by atoms with Crippen LogP contribution in [0.1, 0.15) is 17.4 Å². The molecule has 0 radical (unpaired) electrons. The number of hydrogen-bond acceptors (Lipinski definition) is 5. The van der Waals surface area contributed by atoms with Crippen molar-refractivity contribution >= 4 is 34.7 Å². The topological polar surface area (TPSA) is 59.8 Å². The Balaban J connectivity index is 1.69. The van der Waals surface area contributed by atoms with Crippen LogP contribution < -0.4 is 5.32 Å². The number of benzene rings is 1. The fourth-order valence-electron chi connectivity index (χ4n) is 2.47. The predicted molar refractivity (Wildman–Crippen MR) is 104 cm³/mol. The lowest BCUT2D eigenvalue weighted by Crippen LogP contribution is -2.14. The Labute approximate surface area is 159 Å². The van der Waals surface area contributed by atoms with Crippen molar-refractivity contribution < 1.29 is 9.18 Å². The molecular formula is C18H19FN4OS2. The number of hydrogen-bond donors (Lipinski definition) is 1. The monoisotopic (exact) mass is 390 g/mol. The average molecular weight is 391 g/mol. The molecule has 0 saturated carbocycles. The molecule has 2 heterocycles. The molecule has 1 N–H and O–H groups in total. The van der Waals surface area contributed by atoms with E-state index in [-0.39, 0.29) is 17.5 Å². The summed E-state index contributed by atoms with van der Waals surface area (Å²) < 4.78 is 14.9. The molecule has 2 aromatic heterocycles. The van der Waals surface area contributed by atoms with Gasteiger partial charge in [-0.3, -0.25) is 4.79 Å². The van der Waals surface area contributed by atoms with E-state index in [4.69, 9.17) is 0 Å². The Bertz CT molecular complexity index is 918. The number of aryl methyl sites for hydroxylation is 1. The highest BCUT2D eigenvalue weighted by Gasteiger charge is 2.17. The summed E-state index contributed by atoms with van der Waals surface area (Å²) in [5.74, 6) is 0.532. The number of aromatic nitrogens is 3. The minimum atomic E-state index is -0.333. The van der Waals surface area contributed by atoms with Crippen LogP contribution in [-0.4, -0.2) is 26.4 Å². The summed E-state index contributed by atoms with van der Waals surface area (Å²) in [6, 6.07) is 5.69. The van der Waals surface area contributed by atoms with E-state index in [1.807, 2.05) is 11.5 Å². The summed E-state index contributed by atoms with van der Waals surface area (Å²) in [7, 11) is 0. The van der Waals surface area contributed by atoms with Crippen molar-refractivity contribution in [3.63, 3.8) is 0 Å². The van der Waals surface area contributed by atoms with Crippen molar-refractivity contribution in [2.75, 3.05) is 11.1 Å². The number of halogens is 1. The summed E-state index contributed by atoms with van der Waals surface area (Å²) in [6.07, 6.45) is 0. The third-order valence-corrected chi connectivity index (χ3v) is 6.00. The number of nitrogens with zero attached hydrogens (tertiary/aromatic N) is 3. The van der Waals surface area contributed by atoms with Gasteiger partial charge in [-0.15, -0.1) is 21.5 Å². The standard InChI is InChI=1S/C18H19FN4OS2/c1-4-23-17(15-9-25-12(3)11(15)2)21-22-18(23)26-10-16(24)20-14-7-5-13(19)6-8-14/h5-9H,4,10H2,1-3H3,(H,20,24). The van der Waals surface area contributed by atoms with Crippen molar-refractivity contribution in [2.45, 2.75) is 32.5 Å². The maximum absolute atomic E-state index is 12.9. The molecule has 26 heavy (non-hydrogen) atoms. The van der Waals surface area contributed by atoms with Crippen LogP contribution in [0.2, 0.25) is 0 Å². The molecule has 0 fully saturated rings. The number of amides is 1. The summed E-state index contributed by atoms with van der Waals surface area (Å²) in [6.45, 7) is 6.92. The van der Waals surface area contributed by atoms with Gasteiger partial charge in [0.1, 0.15) is 5.82 Å². The molecule has 0 bridgehead atoms. The van der Waals surface area contributed by atoms with Crippen molar-refractivity contribution in [3.8, 4) is 11.4 Å². The zero-order valence-corrected chi connectivity index (χ0v) is 16.4. The molecule has 0 unspecified atom stereocenters. The van der Waals surface area contributed by atoms with Gasteiger partial charge in [0.25, 0.3) is 0 Å². The van der Waals surface area contributed by atoms with Crippen molar-refractivity contribution in [1.29, 1.82) is 0 Å². The highest BCUT2D eigenvalue weighted by atomic mass is 32.2. The molecule has 0 aliphatic carbocycles. The van der Waals surface area contributed by atoms with Crippen LogP contribution in [0.15, 0.2) is 34.8 Å². The number of thiophene rings is 1. The van der Waals surface area contributed by atoms with Crippen LogP contribution >= 0.6 is 23.1 Å². The molecule has 8 heteroatoms. The van der Waals surface area contributed by atoms with Crippen LogP contribution in [0.5, 0.6) is 0 Å². The SMILES string of the molecule is CCn1c(SCC(=O)Nc2ccc(F)cc2)nnc1-c1csc(C)c1C. The second-order valence-electron chi connectivity index (χ2n) is 5.72. The maximum atomic E-state index is 12.9. The first-order chi connectivity index (χ1) is 12.5. The molecule has 0 atom stereocenters. The molecule has 1 amide bonds. The quantitative estimate of drug-likeness (QED) is 0.629. The Morgan fingerprint density at radius 1 is 1.27 bits per heavy atom. The summed E-state index contributed by atoms with van der Waals surface area (Å²) >= 11 is 3.03. The van der Waals surface area contributed by atoms with Crippen molar-refractivity contribution in [2.24, 2.45) is 0 Å². The third kappa shape index (κ3) is 3.96. The lowest BCUT2D eigenvalue weighted by atomic mass is 10.1. The molecule has 0 spiro atoms. The first-order valence-corrected chi connectivity index (χ1v) is 10.0. The minimum absolute atomic E-state index is 0.170. The van der Waals surface area contributed by atoms with Crippen LogP contribution in [0.3, 0.4) is 0 Å². The van der Waals surface area contributed by atoms with Crippen LogP contribution in [-0.2, 0) is 11.3 Å². The van der Waals surface area contributed by atoms with E-state index < -0.39 is 0 Å². The summed E-state index contributed by atoms with van der Waals surface area (Å²) in [4.78, 5) is 13.4. The van der Waals surface area contributed by atoms with Crippen LogP contribution in [0.4, 0.5) is 10.1 Å². The number of thioether (sulfide) groups is 1. The van der Waals surface area contributed by atoms with Gasteiger partial charge in [0.15, 0.2) is 11.0 Å². The van der Waals surface area contributed by atoms with Crippen LogP contribution in [0.25, 0.3) is 11.4 Å². The summed E-state index contributed by atoms with van der Waals surface area (Å²) in [5, 5.41) is 14.1. The molecule has 3 aromatic rings. The highest BCUT2D eigenvalue weighted by molar-refractivity contribution is 7.99. The van der Waals surface area contributed by atoms with Gasteiger partial charge in [-0.1, -0.05) is 11.8 Å². The molecule has 136 valence electrons. The Hall–Kier alpha value is -2.19. The van der Waals surface area contributed by atoms with Gasteiger partial charge in [-0.2, -0.15) is 0 Å². The lowest BCUT2D eigenvalue weighted by molar-refractivity contribution is -0.113. The predicted octanol–water partition coefficient (Wildman–Crippen LogP) is 4.51. The van der Waals surface area contributed by atoms with E-state index in [0.717, 1.165) is 17.9 Å². The van der Waals surface area contributed by atoms with Crippen molar-refractivity contribution in [3.05, 3.63) is 45.9 Å². The Morgan fingerprint density at radius 2 is 2.00 bits per heavy atom. The maximum Gasteiger partial charge on any atom is 0.234 e. The lowest BCUT2D eigenvalue weighted by Gasteiger charge is -2.08. The number of carbonyl (C=O) groups excluding carboxylic acids is 1. The largest absolute Gasteiger partial charge is 0.325 e. The Kier molecular flexibility index (Phi) is 5.73. The Morgan fingerprint density at radius 3 is 2.62 bits per heavy atom. The molecular weight excluding hydrogens is 371 g/mol. The number of nitrogens with one attached hydrogen (secondary N) is 1. The smallest absolute Gasteiger partial charge is 0.234 e. The van der Waals surface area contributed by atoms with E-state index in [2.05, 4.69) is 34.7 Å². The van der Waals surface area contributed by atoms with Gasteiger partial charge in [0, 0.05) is 28.1 Å². The molecule has 5 nitrogen and oxygen atoms in total. The first-order valence-electron chi connectivity index (χ1n) is 8.16. The second-order valence-corrected chi connectivity index (χ2v) is 7.75. The molecule has 3 rings (SSSR count).